The molecule has 0 aromatic heterocycles. The minimum Gasteiger partial charge on any atom is -0.310 e. The highest BCUT2D eigenvalue weighted by molar-refractivity contribution is 6.28. The highest BCUT2D eigenvalue weighted by atomic mass is 15.1. The first kappa shape index (κ1) is 31.2. The minimum atomic E-state index is 0.983. The molecule has 12 rings (SSSR count). The largest absolute Gasteiger partial charge is 0.310 e. The Morgan fingerprint density at radius 1 is 0.286 bits per heavy atom. The second kappa shape index (κ2) is 12.2. The fourth-order valence-corrected chi connectivity index (χ4v) is 9.67. The molecule has 56 heavy (non-hydrogen) atoms. The topological polar surface area (TPSA) is 6.48 Å². The maximum Gasteiger partial charge on any atom is 0.0540 e. The Kier molecular flexibility index (Phi) is 6.79. The van der Waals surface area contributed by atoms with Crippen LogP contribution < -0.4 is 9.80 Å². The molecule has 2 aliphatic rings. The number of anilines is 6. The molecule has 2 nitrogen and oxygen atoms in total. The van der Waals surface area contributed by atoms with Crippen LogP contribution in [0.15, 0.2) is 194 Å². The lowest BCUT2D eigenvalue weighted by Gasteiger charge is -2.29. The van der Waals surface area contributed by atoms with Crippen molar-refractivity contribution in [1.29, 1.82) is 0 Å². The summed E-state index contributed by atoms with van der Waals surface area (Å²) in [5, 5.41) is 7.56. The van der Waals surface area contributed by atoms with Crippen LogP contribution in [-0.4, -0.2) is 0 Å². The van der Waals surface area contributed by atoms with E-state index in [1.54, 1.807) is 0 Å². The summed E-state index contributed by atoms with van der Waals surface area (Å²) in [5.41, 5.74) is 17.9. The zero-order chi connectivity index (χ0) is 36.7. The number of para-hydroxylation sites is 2. The molecule has 262 valence electrons. The third kappa shape index (κ3) is 4.69. The van der Waals surface area contributed by atoms with Crippen LogP contribution >= 0.6 is 0 Å². The fourth-order valence-electron chi connectivity index (χ4n) is 9.67. The number of benzene rings is 10. The van der Waals surface area contributed by atoms with Gasteiger partial charge in [-0.1, -0.05) is 133 Å². The summed E-state index contributed by atoms with van der Waals surface area (Å²) in [4.78, 5) is 4.90. The maximum atomic E-state index is 2.45. The van der Waals surface area contributed by atoms with E-state index in [9.17, 15) is 0 Å². The molecule has 0 heterocycles. The molecule has 0 radical (unpaired) electrons. The first-order chi connectivity index (χ1) is 27.8. The standard InChI is InChI=1S/C54H36N2/c1-3-13-41(14-4-1)55(43-25-19-39-31-37-11-7-9-17-45(37)49(39)33-43)51-29-23-35-22-28-48-52(30-24-36-21-27-47(51)53(35)54(36)48)56(42-15-5-2-6-16-42)44-26-20-40-32-38-12-8-10-18-46(38)50(40)34-44/h1-30,33-34H,31-32H2. The lowest BCUT2D eigenvalue weighted by atomic mass is 9.91. The van der Waals surface area contributed by atoms with E-state index in [1.165, 1.54) is 88.2 Å². The van der Waals surface area contributed by atoms with Crippen molar-refractivity contribution in [2.75, 3.05) is 9.80 Å². The van der Waals surface area contributed by atoms with Crippen molar-refractivity contribution in [2.45, 2.75) is 12.8 Å². The van der Waals surface area contributed by atoms with Crippen molar-refractivity contribution >= 4 is 66.4 Å². The third-order valence-corrected chi connectivity index (χ3v) is 12.2. The van der Waals surface area contributed by atoms with Crippen molar-refractivity contribution in [2.24, 2.45) is 0 Å². The van der Waals surface area contributed by atoms with E-state index < -0.39 is 0 Å². The van der Waals surface area contributed by atoms with Crippen LogP contribution in [0.25, 0.3) is 54.6 Å². The Morgan fingerprint density at radius 3 is 1.14 bits per heavy atom. The van der Waals surface area contributed by atoms with Crippen molar-refractivity contribution in [3.63, 3.8) is 0 Å². The predicted octanol–water partition coefficient (Wildman–Crippen LogP) is 14.7. The van der Waals surface area contributed by atoms with Crippen molar-refractivity contribution < 1.29 is 0 Å². The molecule has 10 aromatic rings. The van der Waals surface area contributed by atoms with Gasteiger partial charge in [-0.25, -0.2) is 0 Å². The molecule has 0 bridgehead atoms. The van der Waals surface area contributed by atoms with Gasteiger partial charge in [-0.3, -0.25) is 0 Å². The zero-order valence-electron chi connectivity index (χ0n) is 30.8. The molecular weight excluding hydrogens is 677 g/mol. The first-order valence-corrected chi connectivity index (χ1v) is 19.6. The Morgan fingerprint density at radius 2 is 0.679 bits per heavy atom. The number of hydrogen-bond acceptors (Lipinski definition) is 2. The van der Waals surface area contributed by atoms with E-state index in [0.717, 1.165) is 35.6 Å². The summed E-state index contributed by atoms with van der Waals surface area (Å²) in [6.45, 7) is 0. The Hall–Kier alpha value is -7.16. The fraction of sp³-hybridized carbons (Fsp3) is 0.0370. The smallest absolute Gasteiger partial charge is 0.0540 e. The summed E-state index contributed by atoms with van der Waals surface area (Å²) in [6.07, 6.45) is 1.97. The first-order valence-electron chi connectivity index (χ1n) is 19.6. The quantitative estimate of drug-likeness (QED) is 0.158. The molecule has 0 N–H and O–H groups in total. The van der Waals surface area contributed by atoms with Crippen molar-refractivity contribution in [3.05, 3.63) is 216 Å². The Balaban J connectivity index is 1.07. The van der Waals surface area contributed by atoms with E-state index in [-0.39, 0.29) is 0 Å². The van der Waals surface area contributed by atoms with Gasteiger partial charge in [-0.2, -0.15) is 0 Å². The lowest BCUT2D eigenvalue weighted by Crippen LogP contribution is -2.11. The Bertz CT molecular complexity index is 2930. The summed E-state index contributed by atoms with van der Waals surface area (Å²) in [6, 6.07) is 72.0. The van der Waals surface area contributed by atoms with Gasteiger partial charge in [0.25, 0.3) is 0 Å². The minimum absolute atomic E-state index is 0.983. The molecular formula is C54H36N2. The molecule has 2 aliphatic carbocycles. The van der Waals surface area contributed by atoms with E-state index >= 15 is 0 Å². The molecule has 0 amide bonds. The number of hydrogen-bond donors (Lipinski definition) is 0. The summed E-state index contributed by atoms with van der Waals surface area (Å²) >= 11 is 0. The molecule has 10 aromatic carbocycles. The third-order valence-electron chi connectivity index (χ3n) is 12.2. The average Bonchev–Trinajstić information content (AvgIpc) is 3.82. The van der Waals surface area contributed by atoms with Gasteiger partial charge in [-0.05, 0) is 140 Å². The molecule has 2 heteroatoms. The Labute approximate surface area is 326 Å². The van der Waals surface area contributed by atoms with Gasteiger partial charge in [-0.15, -0.1) is 0 Å². The van der Waals surface area contributed by atoms with E-state index in [1.807, 2.05) is 0 Å². The molecule has 0 atom stereocenters. The second-order valence-corrected chi connectivity index (χ2v) is 15.3. The zero-order valence-corrected chi connectivity index (χ0v) is 30.8. The van der Waals surface area contributed by atoms with Gasteiger partial charge < -0.3 is 9.80 Å². The SMILES string of the molecule is c1ccc(N(c2ccc3c(c2)-c2ccccc2C3)c2ccc3ccc4c(N(c5ccccc5)c5ccc6c(c5)-c5ccccc5C6)ccc5ccc2c3c54)cc1. The van der Waals surface area contributed by atoms with Crippen LogP contribution in [0.1, 0.15) is 22.3 Å². The van der Waals surface area contributed by atoms with Crippen LogP contribution in [0.2, 0.25) is 0 Å². The highest BCUT2D eigenvalue weighted by Crippen LogP contribution is 2.49. The summed E-state index contributed by atoms with van der Waals surface area (Å²) in [7, 11) is 0. The number of fused-ring (bicyclic) bond motifs is 6. The molecule has 0 fully saturated rings. The molecule has 0 spiro atoms. The van der Waals surface area contributed by atoms with E-state index in [4.69, 9.17) is 0 Å². The predicted molar refractivity (Wildman–Crippen MR) is 236 cm³/mol. The second-order valence-electron chi connectivity index (χ2n) is 15.3. The van der Waals surface area contributed by atoms with Gasteiger partial charge in [0, 0.05) is 33.5 Å². The molecule has 0 aliphatic heterocycles. The van der Waals surface area contributed by atoms with E-state index in [2.05, 4.69) is 204 Å². The van der Waals surface area contributed by atoms with Gasteiger partial charge in [0.1, 0.15) is 0 Å². The van der Waals surface area contributed by atoms with Gasteiger partial charge >= 0.3 is 0 Å². The monoisotopic (exact) mass is 712 g/mol. The van der Waals surface area contributed by atoms with Gasteiger partial charge in [0.2, 0.25) is 0 Å². The normalized spacial score (nSPS) is 12.5. The lowest BCUT2D eigenvalue weighted by molar-refractivity contribution is 1.25. The molecule has 0 saturated carbocycles. The maximum absolute atomic E-state index is 2.45. The van der Waals surface area contributed by atoms with Crippen molar-refractivity contribution in [1.82, 2.24) is 0 Å². The van der Waals surface area contributed by atoms with E-state index in [0.29, 0.717) is 0 Å². The number of nitrogens with zero attached hydrogens (tertiary/aromatic N) is 2. The van der Waals surface area contributed by atoms with Crippen LogP contribution in [0, 0.1) is 0 Å². The summed E-state index contributed by atoms with van der Waals surface area (Å²) in [5.74, 6) is 0. The van der Waals surface area contributed by atoms with Gasteiger partial charge in [0.15, 0.2) is 0 Å². The number of rotatable bonds is 6. The molecule has 0 saturated heterocycles. The van der Waals surface area contributed by atoms with Gasteiger partial charge in [0.05, 0.1) is 11.4 Å². The molecule has 0 unspecified atom stereocenters. The van der Waals surface area contributed by atoms with Crippen LogP contribution in [-0.2, 0) is 12.8 Å². The van der Waals surface area contributed by atoms with Crippen molar-refractivity contribution in [3.8, 4) is 22.3 Å². The van der Waals surface area contributed by atoms with Crippen LogP contribution in [0.5, 0.6) is 0 Å². The average molecular weight is 713 g/mol. The van der Waals surface area contributed by atoms with Crippen LogP contribution in [0.4, 0.5) is 34.1 Å². The van der Waals surface area contributed by atoms with Crippen LogP contribution in [0.3, 0.4) is 0 Å². The summed E-state index contributed by atoms with van der Waals surface area (Å²) < 4.78 is 0. The highest BCUT2D eigenvalue weighted by Gasteiger charge is 2.25.